The summed E-state index contributed by atoms with van der Waals surface area (Å²) >= 11 is 7.41. The first-order chi connectivity index (χ1) is 14.2. The Morgan fingerprint density at radius 2 is 1.69 bits per heavy atom. The molecular formula is C21H16ClN5OS. The fraction of sp³-hybridized carbons (Fsp3) is 0.0476. The Bertz CT molecular complexity index is 1120. The van der Waals surface area contributed by atoms with E-state index in [1.165, 1.54) is 11.8 Å². The van der Waals surface area contributed by atoms with Crippen LogP contribution in [0.3, 0.4) is 0 Å². The zero-order chi connectivity index (χ0) is 20.1. The number of carbonyl (C=O) groups excluding carboxylic acids is 1. The lowest BCUT2D eigenvalue weighted by molar-refractivity contribution is 0.102. The van der Waals surface area contributed by atoms with Crippen LogP contribution in [0.4, 0.5) is 5.69 Å². The van der Waals surface area contributed by atoms with Gasteiger partial charge in [-0.25, -0.2) is 0 Å². The van der Waals surface area contributed by atoms with E-state index < -0.39 is 0 Å². The van der Waals surface area contributed by atoms with Crippen LogP contribution in [-0.4, -0.2) is 26.1 Å². The lowest BCUT2D eigenvalue weighted by Gasteiger charge is -2.10. The van der Waals surface area contributed by atoms with Crippen LogP contribution in [0.2, 0.25) is 5.02 Å². The molecule has 4 rings (SSSR count). The van der Waals surface area contributed by atoms with Gasteiger partial charge in [-0.1, -0.05) is 41.9 Å². The number of thioether (sulfide) groups is 1. The van der Waals surface area contributed by atoms with E-state index in [0.717, 1.165) is 10.6 Å². The van der Waals surface area contributed by atoms with Gasteiger partial charge in [0.2, 0.25) is 0 Å². The number of halogens is 1. The van der Waals surface area contributed by atoms with E-state index in [4.69, 9.17) is 11.6 Å². The minimum absolute atomic E-state index is 0.182. The second-order valence-corrected chi connectivity index (χ2v) is 7.54. The first-order valence-corrected chi connectivity index (χ1v) is 10.2. The van der Waals surface area contributed by atoms with E-state index in [9.17, 15) is 4.79 Å². The standard InChI is InChI=1S/C21H16ClN5OS/c22-15-10-12-16(13-11-15)23-21(28)18-8-4-5-9-19(18)29-14-20-24-25-26-27(20)17-6-2-1-3-7-17/h1-13H,14H2,(H,23,28). The van der Waals surface area contributed by atoms with Gasteiger partial charge in [0.25, 0.3) is 5.91 Å². The molecule has 0 aliphatic rings. The van der Waals surface area contributed by atoms with E-state index in [1.54, 1.807) is 35.0 Å². The molecular weight excluding hydrogens is 406 g/mol. The van der Waals surface area contributed by atoms with Gasteiger partial charge in [0.1, 0.15) is 0 Å². The van der Waals surface area contributed by atoms with Crippen molar-refractivity contribution in [1.29, 1.82) is 0 Å². The van der Waals surface area contributed by atoms with Crippen molar-refractivity contribution in [2.75, 3.05) is 5.32 Å². The molecule has 0 unspecified atom stereocenters. The van der Waals surface area contributed by atoms with Crippen molar-refractivity contribution < 1.29 is 4.79 Å². The van der Waals surface area contributed by atoms with E-state index >= 15 is 0 Å². The number of amides is 1. The highest BCUT2D eigenvalue weighted by Gasteiger charge is 2.14. The van der Waals surface area contributed by atoms with Crippen molar-refractivity contribution in [3.63, 3.8) is 0 Å². The molecule has 1 aromatic heterocycles. The van der Waals surface area contributed by atoms with Crippen LogP contribution in [-0.2, 0) is 5.75 Å². The van der Waals surface area contributed by atoms with Gasteiger partial charge in [-0.3, -0.25) is 4.79 Å². The molecule has 8 heteroatoms. The Balaban J connectivity index is 1.50. The summed E-state index contributed by atoms with van der Waals surface area (Å²) in [5.41, 5.74) is 2.17. The number of nitrogens with one attached hydrogen (secondary N) is 1. The maximum atomic E-state index is 12.8. The highest BCUT2D eigenvalue weighted by atomic mass is 35.5. The lowest BCUT2D eigenvalue weighted by atomic mass is 10.2. The number of para-hydroxylation sites is 1. The monoisotopic (exact) mass is 421 g/mol. The molecule has 6 nitrogen and oxygen atoms in total. The summed E-state index contributed by atoms with van der Waals surface area (Å²) in [7, 11) is 0. The largest absolute Gasteiger partial charge is 0.322 e. The predicted molar refractivity (Wildman–Crippen MR) is 115 cm³/mol. The number of hydrogen-bond donors (Lipinski definition) is 1. The summed E-state index contributed by atoms with van der Waals surface area (Å²) in [5, 5.41) is 15.5. The number of hydrogen-bond acceptors (Lipinski definition) is 5. The molecule has 0 saturated carbocycles. The van der Waals surface area contributed by atoms with Gasteiger partial charge in [-0.05, 0) is 59.0 Å². The number of aromatic nitrogens is 4. The van der Waals surface area contributed by atoms with Gasteiger partial charge >= 0.3 is 0 Å². The van der Waals surface area contributed by atoms with Gasteiger partial charge in [0.05, 0.1) is 17.0 Å². The van der Waals surface area contributed by atoms with Crippen LogP contribution in [0.5, 0.6) is 0 Å². The van der Waals surface area contributed by atoms with Crippen LogP contribution < -0.4 is 5.32 Å². The number of carbonyl (C=O) groups is 1. The quantitative estimate of drug-likeness (QED) is 0.450. The summed E-state index contributed by atoms with van der Waals surface area (Å²) in [4.78, 5) is 13.6. The molecule has 0 aliphatic heterocycles. The second kappa shape index (κ2) is 8.89. The molecule has 3 aromatic carbocycles. The molecule has 1 N–H and O–H groups in total. The normalized spacial score (nSPS) is 10.7. The Labute approximate surface area is 176 Å². The minimum Gasteiger partial charge on any atom is -0.322 e. The first kappa shape index (κ1) is 19.2. The van der Waals surface area contributed by atoms with Crippen molar-refractivity contribution in [2.24, 2.45) is 0 Å². The average Bonchev–Trinajstić information content (AvgIpc) is 3.23. The van der Waals surface area contributed by atoms with Crippen LogP contribution in [0, 0.1) is 0 Å². The van der Waals surface area contributed by atoms with Crippen molar-refractivity contribution in [2.45, 2.75) is 10.6 Å². The SMILES string of the molecule is O=C(Nc1ccc(Cl)cc1)c1ccccc1SCc1nnnn1-c1ccccc1. The molecule has 1 amide bonds. The maximum Gasteiger partial charge on any atom is 0.256 e. The van der Waals surface area contributed by atoms with Crippen molar-refractivity contribution in [1.82, 2.24) is 20.2 Å². The zero-order valence-electron chi connectivity index (χ0n) is 15.2. The first-order valence-electron chi connectivity index (χ1n) is 8.82. The number of benzene rings is 3. The molecule has 0 radical (unpaired) electrons. The zero-order valence-corrected chi connectivity index (χ0v) is 16.8. The highest BCUT2D eigenvalue weighted by molar-refractivity contribution is 7.98. The molecule has 0 aliphatic carbocycles. The topological polar surface area (TPSA) is 72.7 Å². The van der Waals surface area contributed by atoms with Crippen molar-refractivity contribution >= 4 is 35.0 Å². The molecule has 1 heterocycles. The molecule has 0 fully saturated rings. The van der Waals surface area contributed by atoms with Crippen molar-refractivity contribution in [3.05, 3.63) is 95.3 Å². The van der Waals surface area contributed by atoms with Crippen LogP contribution in [0.1, 0.15) is 16.2 Å². The second-order valence-electron chi connectivity index (χ2n) is 6.09. The fourth-order valence-electron chi connectivity index (χ4n) is 2.72. The highest BCUT2D eigenvalue weighted by Crippen LogP contribution is 2.27. The Hall–Kier alpha value is -3.16. The van der Waals surface area contributed by atoms with Gasteiger partial charge in [-0.15, -0.1) is 16.9 Å². The molecule has 0 spiro atoms. The van der Waals surface area contributed by atoms with Crippen molar-refractivity contribution in [3.8, 4) is 5.69 Å². The Morgan fingerprint density at radius 1 is 0.966 bits per heavy atom. The van der Waals surface area contributed by atoms with Crippen LogP contribution in [0.25, 0.3) is 5.69 Å². The van der Waals surface area contributed by atoms with E-state index in [-0.39, 0.29) is 5.91 Å². The smallest absolute Gasteiger partial charge is 0.256 e. The summed E-state index contributed by atoms with van der Waals surface area (Å²) < 4.78 is 1.70. The molecule has 29 heavy (non-hydrogen) atoms. The molecule has 4 aromatic rings. The third-order valence-corrected chi connectivity index (χ3v) is 5.45. The fourth-order valence-corrected chi connectivity index (χ4v) is 3.80. The van der Waals surface area contributed by atoms with E-state index in [0.29, 0.717) is 27.9 Å². The molecule has 0 atom stereocenters. The lowest BCUT2D eigenvalue weighted by Crippen LogP contribution is -2.13. The van der Waals surface area contributed by atoms with Crippen LogP contribution in [0.15, 0.2) is 83.8 Å². The third kappa shape index (κ3) is 4.64. The number of anilines is 1. The molecule has 144 valence electrons. The minimum atomic E-state index is -0.182. The summed E-state index contributed by atoms with van der Waals surface area (Å²) in [6, 6.07) is 24.2. The van der Waals surface area contributed by atoms with Gasteiger partial charge in [0.15, 0.2) is 5.82 Å². The van der Waals surface area contributed by atoms with Gasteiger partial charge < -0.3 is 5.32 Å². The number of nitrogens with zero attached hydrogens (tertiary/aromatic N) is 4. The number of rotatable bonds is 6. The van der Waals surface area contributed by atoms with E-state index in [1.807, 2.05) is 48.5 Å². The third-order valence-electron chi connectivity index (χ3n) is 4.13. The average molecular weight is 422 g/mol. The van der Waals surface area contributed by atoms with E-state index in [2.05, 4.69) is 20.8 Å². The van der Waals surface area contributed by atoms with Gasteiger partial charge in [0, 0.05) is 15.6 Å². The summed E-state index contributed by atoms with van der Waals surface area (Å²) in [6.45, 7) is 0. The van der Waals surface area contributed by atoms with Crippen LogP contribution >= 0.6 is 23.4 Å². The molecule has 0 saturated heterocycles. The maximum absolute atomic E-state index is 12.8. The number of tetrazole rings is 1. The Morgan fingerprint density at radius 3 is 2.48 bits per heavy atom. The molecule has 0 bridgehead atoms. The summed E-state index contributed by atoms with van der Waals surface area (Å²) in [5.74, 6) is 1.04. The Kier molecular flexibility index (Phi) is 5.88. The summed E-state index contributed by atoms with van der Waals surface area (Å²) in [6.07, 6.45) is 0. The predicted octanol–water partition coefficient (Wildman–Crippen LogP) is 4.86. The van der Waals surface area contributed by atoms with Gasteiger partial charge in [-0.2, -0.15) is 4.68 Å².